The van der Waals surface area contributed by atoms with Crippen molar-refractivity contribution in [1.29, 1.82) is 0 Å². The van der Waals surface area contributed by atoms with Crippen molar-refractivity contribution in [3.63, 3.8) is 0 Å². The molecular weight excluding hydrogens is 530 g/mol. The van der Waals surface area contributed by atoms with Crippen molar-refractivity contribution < 1.29 is 19.0 Å². The van der Waals surface area contributed by atoms with Crippen LogP contribution in [0.2, 0.25) is 5.02 Å². The van der Waals surface area contributed by atoms with E-state index in [0.717, 1.165) is 16.7 Å². The summed E-state index contributed by atoms with van der Waals surface area (Å²) in [6, 6.07) is 19.0. The van der Waals surface area contributed by atoms with Crippen LogP contribution >= 0.6 is 27.5 Å². The summed E-state index contributed by atoms with van der Waals surface area (Å²) in [5.74, 6) is 1.33. The second-order valence-corrected chi connectivity index (χ2v) is 9.59. The standard InChI is InChI=1S/C28H25BrClNO4/c1-4-33-25-15-19(13-23(29)26(25)34-16-18-6-5-7-22(30)12-18)14-24-28(32)35-27(31-24)21-10-8-20(9-11-21)17(2)3/h5-15,17H,4,16H2,1-3H3/b24-14-. The molecule has 180 valence electrons. The zero-order chi connectivity index (χ0) is 24.9. The predicted octanol–water partition coefficient (Wildman–Crippen LogP) is 7.55. The Kier molecular flexibility index (Phi) is 7.93. The minimum Gasteiger partial charge on any atom is -0.490 e. The molecule has 0 saturated heterocycles. The van der Waals surface area contributed by atoms with Crippen LogP contribution in [0.5, 0.6) is 11.5 Å². The zero-order valence-corrected chi connectivity index (χ0v) is 22.0. The molecular formula is C28H25BrClNO4. The van der Waals surface area contributed by atoms with Gasteiger partial charge in [0.25, 0.3) is 0 Å². The van der Waals surface area contributed by atoms with Crippen molar-refractivity contribution in [2.24, 2.45) is 4.99 Å². The number of benzene rings is 3. The molecule has 0 amide bonds. The SMILES string of the molecule is CCOc1cc(/C=C2\N=C(c3ccc(C(C)C)cc3)OC2=O)cc(Br)c1OCc1cccc(Cl)c1. The maximum Gasteiger partial charge on any atom is 0.363 e. The molecule has 0 aliphatic carbocycles. The van der Waals surface area contributed by atoms with Gasteiger partial charge in [0.1, 0.15) is 6.61 Å². The van der Waals surface area contributed by atoms with E-state index in [1.165, 1.54) is 5.56 Å². The highest BCUT2D eigenvalue weighted by Gasteiger charge is 2.24. The first-order valence-corrected chi connectivity index (χ1v) is 12.5. The lowest BCUT2D eigenvalue weighted by atomic mass is 10.0. The van der Waals surface area contributed by atoms with Gasteiger partial charge in [-0.2, -0.15) is 0 Å². The Balaban J connectivity index is 1.59. The molecule has 3 aromatic carbocycles. The number of hydrogen-bond donors (Lipinski definition) is 0. The predicted molar refractivity (Wildman–Crippen MR) is 142 cm³/mol. The summed E-state index contributed by atoms with van der Waals surface area (Å²) >= 11 is 9.65. The van der Waals surface area contributed by atoms with Gasteiger partial charge in [0.05, 0.1) is 11.1 Å². The highest BCUT2D eigenvalue weighted by atomic mass is 79.9. The van der Waals surface area contributed by atoms with E-state index in [0.29, 0.717) is 46.0 Å². The van der Waals surface area contributed by atoms with Gasteiger partial charge in [-0.1, -0.05) is 49.7 Å². The Labute approximate surface area is 218 Å². The molecule has 1 aliphatic rings. The van der Waals surface area contributed by atoms with Crippen LogP contribution in [0.4, 0.5) is 0 Å². The number of rotatable bonds is 8. The Morgan fingerprint density at radius 1 is 1.09 bits per heavy atom. The number of nitrogens with zero attached hydrogens (tertiary/aromatic N) is 1. The van der Waals surface area contributed by atoms with E-state index in [-0.39, 0.29) is 5.70 Å². The quantitative estimate of drug-likeness (QED) is 0.213. The molecule has 35 heavy (non-hydrogen) atoms. The van der Waals surface area contributed by atoms with E-state index in [2.05, 4.69) is 34.8 Å². The number of ether oxygens (including phenoxy) is 3. The first-order chi connectivity index (χ1) is 16.8. The summed E-state index contributed by atoms with van der Waals surface area (Å²) in [7, 11) is 0. The highest BCUT2D eigenvalue weighted by molar-refractivity contribution is 9.10. The fraction of sp³-hybridized carbons (Fsp3) is 0.214. The van der Waals surface area contributed by atoms with Gasteiger partial charge >= 0.3 is 5.97 Å². The van der Waals surface area contributed by atoms with Crippen LogP contribution in [-0.4, -0.2) is 18.5 Å². The molecule has 0 spiro atoms. The third-order valence-corrected chi connectivity index (χ3v) is 6.18. The van der Waals surface area contributed by atoms with Crippen LogP contribution in [0, 0.1) is 0 Å². The molecule has 0 radical (unpaired) electrons. The van der Waals surface area contributed by atoms with Crippen molar-refractivity contribution in [3.8, 4) is 11.5 Å². The average Bonchev–Trinajstić information content (AvgIpc) is 3.19. The monoisotopic (exact) mass is 553 g/mol. The minimum absolute atomic E-state index is 0.217. The van der Waals surface area contributed by atoms with Crippen molar-refractivity contribution in [2.45, 2.75) is 33.3 Å². The Hall–Kier alpha value is -3.09. The lowest BCUT2D eigenvalue weighted by Gasteiger charge is -2.15. The van der Waals surface area contributed by atoms with Crippen LogP contribution in [0.1, 0.15) is 48.9 Å². The van der Waals surface area contributed by atoms with Crippen LogP contribution in [-0.2, 0) is 16.1 Å². The number of aliphatic imine (C=N–C) groups is 1. The molecule has 4 rings (SSSR count). The highest BCUT2D eigenvalue weighted by Crippen LogP contribution is 2.38. The van der Waals surface area contributed by atoms with Gasteiger partial charge in [0.15, 0.2) is 17.2 Å². The third-order valence-electron chi connectivity index (χ3n) is 5.35. The normalized spacial score (nSPS) is 14.3. The van der Waals surface area contributed by atoms with Crippen LogP contribution in [0.15, 0.2) is 75.8 Å². The molecule has 7 heteroatoms. The topological polar surface area (TPSA) is 57.1 Å². The molecule has 1 heterocycles. The molecule has 3 aromatic rings. The largest absolute Gasteiger partial charge is 0.490 e. The molecule has 1 aliphatic heterocycles. The number of carbonyl (C=O) groups is 1. The van der Waals surface area contributed by atoms with Gasteiger partial charge < -0.3 is 14.2 Å². The number of cyclic esters (lactones) is 1. The van der Waals surface area contributed by atoms with Crippen molar-refractivity contribution >= 4 is 45.5 Å². The summed E-state index contributed by atoms with van der Waals surface area (Å²) in [4.78, 5) is 16.9. The van der Waals surface area contributed by atoms with Gasteiger partial charge in [0.2, 0.25) is 5.90 Å². The van der Waals surface area contributed by atoms with Crippen molar-refractivity contribution in [2.75, 3.05) is 6.61 Å². The fourth-order valence-corrected chi connectivity index (χ4v) is 4.34. The number of halogens is 2. The minimum atomic E-state index is -0.497. The van der Waals surface area contributed by atoms with Crippen LogP contribution < -0.4 is 9.47 Å². The van der Waals surface area contributed by atoms with Gasteiger partial charge in [-0.05, 0) is 87.9 Å². The molecule has 0 saturated carbocycles. The number of hydrogen-bond acceptors (Lipinski definition) is 5. The Morgan fingerprint density at radius 2 is 1.86 bits per heavy atom. The van der Waals surface area contributed by atoms with Crippen LogP contribution in [0.3, 0.4) is 0 Å². The van der Waals surface area contributed by atoms with E-state index < -0.39 is 5.97 Å². The first kappa shape index (κ1) is 25.0. The molecule has 0 atom stereocenters. The van der Waals surface area contributed by atoms with Crippen molar-refractivity contribution in [3.05, 3.63) is 98.1 Å². The van der Waals surface area contributed by atoms with Crippen molar-refractivity contribution in [1.82, 2.24) is 0 Å². The number of carbonyl (C=O) groups excluding carboxylic acids is 1. The Morgan fingerprint density at radius 3 is 2.54 bits per heavy atom. The van der Waals surface area contributed by atoms with E-state index in [4.69, 9.17) is 25.8 Å². The summed E-state index contributed by atoms with van der Waals surface area (Å²) < 4.78 is 18.0. The van der Waals surface area contributed by atoms with Gasteiger partial charge in [-0.25, -0.2) is 9.79 Å². The smallest absolute Gasteiger partial charge is 0.363 e. The van der Waals surface area contributed by atoms with E-state index >= 15 is 0 Å². The van der Waals surface area contributed by atoms with E-state index in [1.807, 2.05) is 67.6 Å². The molecule has 0 aromatic heterocycles. The van der Waals surface area contributed by atoms with Crippen LogP contribution in [0.25, 0.3) is 6.08 Å². The first-order valence-electron chi connectivity index (χ1n) is 11.3. The average molecular weight is 555 g/mol. The second-order valence-electron chi connectivity index (χ2n) is 8.29. The van der Waals surface area contributed by atoms with E-state index in [9.17, 15) is 4.79 Å². The molecule has 0 fully saturated rings. The van der Waals surface area contributed by atoms with Gasteiger partial charge in [-0.15, -0.1) is 0 Å². The zero-order valence-electron chi connectivity index (χ0n) is 19.7. The lowest BCUT2D eigenvalue weighted by molar-refractivity contribution is -0.129. The fourth-order valence-electron chi connectivity index (χ4n) is 3.56. The van der Waals surface area contributed by atoms with Gasteiger partial charge in [0, 0.05) is 10.6 Å². The lowest BCUT2D eigenvalue weighted by Crippen LogP contribution is -2.05. The second kappa shape index (κ2) is 11.1. The maximum absolute atomic E-state index is 12.5. The maximum atomic E-state index is 12.5. The molecule has 0 N–H and O–H groups in total. The molecule has 5 nitrogen and oxygen atoms in total. The van der Waals surface area contributed by atoms with Gasteiger partial charge in [-0.3, -0.25) is 0 Å². The summed E-state index contributed by atoms with van der Waals surface area (Å²) in [6.45, 7) is 6.94. The number of esters is 1. The summed E-state index contributed by atoms with van der Waals surface area (Å²) in [6.07, 6.45) is 1.67. The summed E-state index contributed by atoms with van der Waals surface area (Å²) in [5.41, 5.74) is 3.85. The van der Waals surface area contributed by atoms with E-state index in [1.54, 1.807) is 6.08 Å². The third kappa shape index (κ3) is 6.13. The molecule has 0 unspecified atom stereocenters. The molecule has 0 bridgehead atoms. The Bertz CT molecular complexity index is 1300. The summed E-state index contributed by atoms with van der Waals surface area (Å²) in [5, 5.41) is 0.649.